The molecule has 8 nitrogen and oxygen atoms in total. The van der Waals surface area contributed by atoms with Gasteiger partial charge in [0, 0.05) is 42.9 Å². The van der Waals surface area contributed by atoms with Crippen LogP contribution in [-0.4, -0.2) is 38.2 Å². The fourth-order valence-electron chi connectivity index (χ4n) is 4.36. The van der Waals surface area contributed by atoms with Crippen molar-refractivity contribution in [3.05, 3.63) is 65.1 Å². The lowest BCUT2D eigenvalue weighted by atomic mass is 10.0. The molecule has 0 spiro atoms. The Morgan fingerprint density at radius 2 is 1.94 bits per heavy atom. The fourth-order valence-corrected chi connectivity index (χ4v) is 4.36. The molecular weight excluding hydrogens is 425 g/mol. The molecule has 0 aliphatic carbocycles. The summed E-state index contributed by atoms with van der Waals surface area (Å²) in [6.45, 7) is 0.275. The topological polar surface area (TPSA) is 108 Å². The summed E-state index contributed by atoms with van der Waals surface area (Å²) >= 11 is 0. The number of nitrogens with zero attached hydrogens (tertiary/aromatic N) is 4. The first-order valence-electron chi connectivity index (χ1n) is 10.4. The van der Waals surface area contributed by atoms with Gasteiger partial charge in [-0.3, -0.25) is 19.7 Å². The van der Waals surface area contributed by atoms with E-state index in [1.54, 1.807) is 22.8 Å². The van der Waals surface area contributed by atoms with Gasteiger partial charge in [0.25, 0.3) is 5.91 Å². The number of hydrogen-bond donors (Lipinski definition) is 1. The fraction of sp³-hybridized carbons (Fsp3) is 0.208. The first-order valence-corrected chi connectivity index (χ1v) is 10.4. The van der Waals surface area contributed by atoms with E-state index in [0.29, 0.717) is 29.1 Å². The van der Waals surface area contributed by atoms with Crippen LogP contribution in [0.5, 0.6) is 0 Å². The molecule has 1 saturated heterocycles. The normalized spacial score (nSPS) is 17.7. The van der Waals surface area contributed by atoms with Crippen molar-refractivity contribution in [2.75, 3.05) is 0 Å². The van der Waals surface area contributed by atoms with Crippen LogP contribution in [0, 0.1) is 17.1 Å². The Morgan fingerprint density at radius 3 is 2.70 bits per heavy atom. The van der Waals surface area contributed by atoms with E-state index in [9.17, 15) is 18.8 Å². The summed E-state index contributed by atoms with van der Waals surface area (Å²) < 4.78 is 15.5. The van der Waals surface area contributed by atoms with Crippen LogP contribution in [0.1, 0.15) is 34.3 Å². The van der Waals surface area contributed by atoms with Gasteiger partial charge < -0.3 is 9.47 Å². The number of piperidine rings is 1. The van der Waals surface area contributed by atoms with Crippen molar-refractivity contribution in [1.82, 2.24) is 19.8 Å². The Bertz CT molecular complexity index is 1390. The smallest absolute Gasteiger partial charge is 0.255 e. The minimum absolute atomic E-state index is 0.0540. The number of imide groups is 1. The Kier molecular flexibility index (Phi) is 4.78. The van der Waals surface area contributed by atoms with Crippen molar-refractivity contribution in [2.24, 2.45) is 7.05 Å². The van der Waals surface area contributed by atoms with Crippen molar-refractivity contribution in [3.8, 4) is 28.7 Å². The van der Waals surface area contributed by atoms with Gasteiger partial charge in [0.15, 0.2) is 0 Å². The summed E-state index contributed by atoms with van der Waals surface area (Å²) in [5.74, 6) is -1.01. The zero-order chi connectivity index (χ0) is 23.3. The predicted molar refractivity (Wildman–Crippen MR) is 115 cm³/mol. The Hall–Kier alpha value is -4.32. The van der Waals surface area contributed by atoms with Crippen LogP contribution in [0.15, 0.2) is 42.6 Å². The van der Waals surface area contributed by atoms with Crippen LogP contribution in [0.25, 0.3) is 22.6 Å². The summed E-state index contributed by atoms with van der Waals surface area (Å²) in [5.41, 5.74) is 3.31. The number of imidazole rings is 1. The van der Waals surface area contributed by atoms with Crippen molar-refractivity contribution in [3.63, 3.8) is 0 Å². The summed E-state index contributed by atoms with van der Waals surface area (Å²) in [6.07, 6.45) is 2.33. The second-order valence-electron chi connectivity index (χ2n) is 8.14. The van der Waals surface area contributed by atoms with Gasteiger partial charge in [-0.25, -0.2) is 9.37 Å². The Balaban J connectivity index is 1.44. The first-order chi connectivity index (χ1) is 15.9. The van der Waals surface area contributed by atoms with Crippen molar-refractivity contribution in [1.29, 1.82) is 5.26 Å². The molecule has 2 aliphatic heterocycles. The third-order valence-corrected chi connectivity index (χ3v) is 6.04. The highest BCUT2D eigenvalue weighted by Crippen LogP contribution is 2.32. The molecule has 2 aromatic carbocycles. The second kappa shape index (κ2) is 7.67. The molecule has 2 aliphatic rings. The van der Waals surface area contributed by atoms with Gasteiger partial charge in [0.05, 0.1) is 11.3 Å². The van der Waals surface area contributed by atoms with E-state index in [4.69, 9.17) is 5.26 Å². The molecule has 3 heterocycles. The molecule has 1 unspecified atom stereocenters. The maximum atomic E-state index is 13.7. The van der Waals surface area contributed by atoms with Crippen molar-refractivity contribution >= 4 is 17.7 Å². The molecule has 5 rings (SSSR count). The van der Waals surface area contributed by atoms with Crippen LogP contribution in [0.2, 0.25) is 0 Å². The highest BCUT2D eigenvalue weighted by molar-refractivity contribution is 6.05. The van der Waals surface area contributed by atoms with Crippen LogP contribution in [0.4, 0.5) is 4.39 Å². The zero-order valence-corrected chi connectivity index (χ0v) is 17.6. The molecule has 9 heteroatoms. The molecule has 164 valence electrons. The van der Waals surface area contributed by atoms with Gasteiger partial charge in [-0.05, 0) is 42.3 Å². The van der Waals surface area contributed by atoms with Crippen molar-refractivity contribution < 1.29 is 18.8 Å². The van der Waals surface area contributed by atoms with Gasteiger partial charge in [-0.2, -0.15) is 5.26 Å². The molecular formula is C24H18FN5O3. The lowest BCUT2D eigenvalue weighted by molar-refractivity contribution is -0.136. The molecule has 1 N–H and O–H groups in total. The largest absolute Gasteiger partial charge is 0.333 e. The highest BCUT2D eigenvalue weighted by Gasteiger charge is 2.39. The summed E-state index contributed by atoms with van der Waals surface area (Å²) in [7, 11) is 1.81. The number of rotatable bonds is 3. The number of hydrogen-bond acceptors (Lipinski definition) is 5. The number of carbonyl (C=O) groups excluding carboxylic acids is 3. The van der Waals surface area contributed by atoms with Crippen LogP contribution >= 0.6 is 0 Å². The Morgan fingerprint density at radius 1 is 1.15 bits per heavy atom. The molecule has 3 amide bonds. The van der Waals surface area contributed by atoms with Gasteiger partial charge >= 0.3 is 0 Å². The number of halogens is 1. The van der Waals surface area contributed by atoms with E-state index in [2.05, 4.69) is 10.3 Å². The third kappa shape index (κ3) is 3.46. The van der Waals surface area contributed by atoms with Crippen LogP contribution < -0.4 is 5.32 Å². The Labute approximate surface area is 188 Å². The number of fused-ring (bicyclic) bond motifs is 1. The van der Waals surface area contributed by atoms with Gasteiger partial charge in [-0.15, -0.1) is 0 Å². The zero-order valence-electron chi connectivity index (χ0n) is 17.6. The first kappa shape index (κ1) is 20.6. The number of carbonyl (C=O) groups is 3. The number of aryl methyl sites for hydroxylation is 1. The van der Waals surface area contributed by atoms with Gasteiger partial charge in [-0.1, -0.05) is 6.07 Å². The minimum Gasteiger partial charge on any atom is -0.333 e. The molecule has 3 aromatic rings. The average Bonchev–Trinajstić information content (AvgIpc) is 3.34. The summed E-state index contributed by atoms with van der Waals surface area (Å²) in [4.78, 5) is 42.7. The van der Waals surface area contributed by atoms with Crippen LogP contribution in [0.3, 0.4) is 0 Å². The molecule has 1 aromatic heterocycles. The molecule has 0 bridgehead atoms. The molecule has 0 radical (unpaired) electrons. The highest BCUT2D eigenvalue weighted by atomic mass is 19.1. The van der Waals surface area contributed by atoms with E-state index in [-0.39, 0.29) is 30.3 Å². The third-order valence-electron chi connectivity index (χ3n) is 6.04. The van der Waals surface area contributed by atoms with Gasteiger partial charge in [0.1, 0.15) is 23.8 Å². The monoisotopic (exact) mass is 443 g/mol. The molecule has 0 saturated carbocycles. The van der Waals surface area contributed by atoms with Crippen LogP contribution in [-0.2, 0) is 23.2 Å². The lowest BCUT2D eigenvalue weighted by Gasteiger charge is -2.29. The van der Waals surface area contributed by atoms with E-state index in [1.807, 2.05) is 25.4 Å². The minimum atomic E-state index is -0.666. The number of nitriles is 1. The van der Waals surface area contributed by atoms with Gasteiger partial charge in [0.2, 0.25) is 11.8 Å². The number of aromatic nitrogens is 2. The maximum absolute atomic E-state index is 13.7. The standard InChI is InChI=1S/C24H18FN5O3/c1-29-12-19(27-22(29)14-3-5-18(25)15(9-14)10-26)13-2-4-17-16(8-13)11-30(24(17)33)20-6-7-21(31)28-23(20)32/h2-5,8-9,12,20H,6-7,11H2,1H3,(H,28,31,32). The van der Waals surface area contributed by atoms with E-state index in [0.717, 1.165) is 11.1 Å². The number of nitrogens with one attached hydrogen (secondary N) is 1. The second-order valence-corrected chi connectivity index (χ2v) is 8.14. The van der Waals surface area contributed by atoms with E-state index >= 15 is 0 Å². The summed E-state index contributed by atoms with van der Waals surface area (Å²) in [6, 6.07) is 10.8. The SMILES string of the molecule is Cn1cc(-c2ccc3c(c2)CN(C2CCC(=O)NC2=O)C3=O)nc1-c1ccc(F)c(C#N)c1. The van der Waals surface area contributed by atoms with Crippen molar-refractivity contribution in [2.45, 2.75) is 25.4 Å². The number of amides is 3. The molecule has 33 heavy (non-hydrogen) atoms. The lowest BCUT2D eigenvalue weighted by Crippen LogP contribution is -2.52. The quantitative estimate of drug-likeness (QED) is 0.626. The summed E-state index contributed by atoms with van der Waals surface area (Å²) in [5, 5.41) is 11.4. The predicted octanol–water partition coefficient (Wildman–Crippen LogP) is 2.53. The maximum Gasteiger partial charge on any atom is 0.255 e. The molecule has 1 atom stereocenters. The van der Waals surface area contributed by atoms with E-state index in [1.165, 1.54) is 17.0 Å². The van der Waals surface area contributed by atoms with E-state index < -0.39 is 17.8 Å². The number of benzene rings is 2. The average molecular weight is 443 g/mol. The molecule has 1 fully saturated rings.